The number of hydrogen-bond acceptors (Lipinski definition) is 7. The number of para-hydroxylation sites is 1. The Labute approximate surface area is 243 Å². The Bertz CT molecular complexity index is 1650. The molecule has 1 heterocycles. The van der Waals surface area contributed by atoms with E-state index in [1.54, 1.807) is 60.5 Å². The zero-order chi connectivity index (χ0) is 30.0. The summed E-state index contributed by atoms with van der Waals surface area (Å²) in [6, 6.07) is 21.7. The average molecular weight is 571 g/mol. The molecule has 42 heavy (non-hydrogen) atoms. The van der Waals surface area contributed by atoms with Crippen molar-refractivity contribution in [3.8, 4) is 34.1 Å². The van der Waals surface area contributed by atoms with E-state index in [4.69, 9.17) is 18.9 Å². The summed E-state index contributed by atoms with van der Waals surface area (Å²) in [4.78, 5) is 27.2. The number of carbonyl (C=O) groups excluding carboxylic acids is 2. The molecule has 9 heteroatoms. The second-order valence-electron chi connectivity index (χ2n) is 10.4. The fraction of sp³-hybridized carbons (Fsp3) is 0.212. The Morgan fingerprint density at radius 1 is 0.905 bits per heavy atom. The van der Waals surface area contributed by atoms with E-state index in [1.807, 2.05) is 39.0 Å². The second kappa shape index (κ2) is 11.4. The average Bonchev–Trinajstić information content (AvgIpc) is 2.96. The first kappa shape index (κ1) is 28.5. The number of fused-ring (bicyclic) bond motifs is 1. The highest BCUT2D eigenvalue weighted by Gasteiger charge is 2.38. The van der Waals surface area contributed by atoms with Crippen molar-refractivity contribution >= 4 is 23.4 Å². The third kappa shape index (κ3) is 5.72. The molecule has 8 nitrogen and oxygen atoms in total. The highest BCUT2D eigenvalue weighted by atomic mass is 19.1. The summed E-state index contributed by atoms with van der Waals surface area (Å²) in [5.74, 6) is 0.852. The van der Waals surface area contributed by atoms with E-state index in [0.29, 0.717) is 34.1 Å². The second-order valence-corrected chi connectivity index (χ2v) is 10.4. The first-order chi connectivity index (χ1) is 20.1. The Kier molecular flexibility index (Phi) is 7.76. The molecule has 0 aliphatic carbocycles. The molecule has 216 valence electrons. The van der Waals surface area contributed by atoms with E-state index < -0.39 is 17.5 Å². The summed E-state index contributed by atoms with van der Waals surface area (Å²) >= 11 is 0. The largest absolute Gasteiger partial charge is 0.519 e. The van der Waals surface area contributed by atoms with Gasteiger partial charge in [0.25, 0.3) is 5.91 Å². The van der Waals surface area contributed by atoms with E-state index >= 15 is 0 Å². The van der Waals surface area contributed by atoms with Crippen LogP contribution in [0.5, 0.6) is 23.0 Å². The Balaban J connectivity index is 1.54. The standard InChI is InChI=1S/C33H31FN2O6/c1-20-11-12-21(34)17-28(20)40-19-26-24(15-16-27-30(26)36(4)31(37)33(2,3)35-27)25-14-13-23(18-29(25)39-5)42-32(38)41-22-9-7-6-8-10-22/h6-18,35H,19H2,1-5H3. The van der Waals surface area contributed by atoms with Crippen molar-refractivity contribution in [1.29, 1.82) is 0 Å². The number of rotatable bonds is 7. The van der Waals surface area contributed by atoms with Gasteiger partial charge in [-0.1, -0.05) is 30.3 Å². The van der Waals surface area contributed by atoms with Crippen LogP contribution >= 0.6 is 0 Å². The number of nitrogens with zero attached hydrogens (tertiary/aromatic N) is 1. The van der Waals surface area contributed by atoms with Gasteiger partial charge in [-0.3, -0.25) is 4.79 Å². The van der Waals surface area contributed by atoms with Gasteiger partial charge in [0.05, 0.1) is 18.5 Å². The molecule has 1 aliphatic rings. The van der Waals surface area contributed by atoms with Crippen LogP contribution in [0.4, 0.5) is 20.6 Å². The molecule has 4 aromatic carbocycles. The molecule has 4 aromatic rings. The Morgan fingerprint density at radius 3 is 2.36 bits per heavy atom. The van der Waals surface area contributed by atoms with Crippen LogP contribution in [-0.2, 0) is 11.4 Å². The summed E-state index contributed by atoms with van der Waals surface area (Å²) in [5, 5.41) is 3.32. The maximum absolute atomic E-state index is 14.0. The lowest BCUT2D eigenvalue weighted by atomic mass is 9.91. The number of halogens is 1. The number of nitrogens with one attached hydrogen (secondary N) is 1. The number of hydrogen-bond donors (Lipinski definition) is 1. The van der Waals surface area contributed by atoms with Gasteiger partial charge in [-0.2, -0.15) is 0 Å². The molecule has 0 radical (unpaired) electrons. The number of anilines is 2. The van der Waals surface area contributed by atoms with E-state index in [2.05, 4.69) is 5.32 Å². The summed E-state index contributed by atoms with van der Waals surface area (Å²) in [6.45, 7) is 5.51. The number of likely N-dealkylation sites (N-methyl/N-ethyl adjacent to an activating group) is 1. The van der Waals surface area contributed by atoms with Gasteiger partial charge < -0.3 is 29.2 Å². The Hall–Kier alpha value is -5.05. The molecule has 1 aliphatic heterocycles. The third-order valence-electron chi connectivity index (χ3n) is 7.04. The van der Waals surface area contributed by atoms with E-state index in [1.165, 1.54) is 19.2 Å². The molecule has 0 unspecified atom stereocenters. The summed E-state index contributed by atoms with van der Waals surface area (Å²) in [5.41, 5.74) is 3.43. The minimum atomic E-state index is -0.891. The van der Waals surface area contributed by atoms with Crippen LogP contribution in [0.3, 0.4) is 0 Å². The van der Waals surface area contributed by atoms with E-state index in [-0.39, 0.29) is 18.3 Å². The van der Waals surface area contributed by atoms with Crippen LogP contribution in [-0.4, -0.2) is 31.8 Å². The molecule has 0 atom stereocenters. The van der Waals surface area contributed by atoms with Gasteiger partial charge >= 0.3 is 6.16 Å². The summed E-state index contributed by atoms with van der Waals surface area (Å²) in [6.07, 6.45) is -0.891. The lowest BCUT2D eigenvalue weighted by Gasteiger charge is -2.39. The first-order valence-corrected chi connectivity index (χ1v) is 13.3. The van der Waals surface area contributed by atoms with Crippen LogP contribution in [0, 0.1) is 12.7 Å². The number of methoxy groups -OCH3 is 1. The molecule has 1 amide bonds. The van der Waals surface area contributed by atoms with Crippen molar-refractivity contribution in [2.45, 2.75) is 32.9 Å². The number of amides is 1. The minimum absolute atomic E-state index is 0.0351. The van der Waals surface area contributed by atoms with Crippen molar-refractivity contribution in [2.75, 3.05) is 24.4 Å². The predicted molar refractivity (Wildman–Crippen MR) is 158 cm³/mol. The molecular weight excluding hydrogens is 539 g/mol. The fourth-order valence-corrected chi connectivity index (χ4v) is 4.97. The lowest BCUT2D eigenvalue weighted by Crippen LogP contribution is -2.52. The first-order valence-electron chi connectivity index (χ1n) is 13.3. The third-order valence-corrected chi connectivity index (χ3v) is 7.04. The van der Waals surface area contributed by atoms with Crippen molar-refractivity contribution in [3.63, 3.8) is 0 Å². The molecular formula is C33H31FN2O6. The summed E-state index contributed by atoms with van der Waals surface area (Å²) < 4.78 is 36.5. The molecule has 0 aromatic heterocycles. The highest BCUT2D eigenvalue weighted by Crippen LogP contribution is 2.45. The molecule has 0 bridgehead atoms. The smallest absolute Gasteiger partial charge is 0.496 e. The number of aryl methyl sites for hydroxylation is 1. The molecule has 0 saturated heterocycles. The van der Waals surface area contributed by atoms with Gasteiger partial charge in [0.2, 0.25) is 0 Å². The quantitative estimate of drug-likeness (QED) is 0.187. The van der Waals surface area contributed by atoms with Gasteiger partial charge in [-0.15, -0.1) is 0 Å². The Morgan fingerprint density at radius 2 is 1.62 bits per heavy atom. The van der Waals surface area contributed by atoms with Crippen molar-refractivity contribution < 1.29 is 32.9 Å². The van der Waals surface area contributed by atoms with Gasteiger partial charge in [-0.05, 0) is 68.3 Å². The van der Waals surface area contributed by atoms with Crippen molar-refractivity contribution in [1.82, 2.24) is 0 Å². The van der Waals surface area contributed by atoms with E-state index in [9.17, 15) is 14.0 Å². The maximum Gasteiger partial charge on any atom is 0.519 e. The van der Waals surface area contributed by atoms with E-state index in [0.717, 1.165) is 16.8 Å². The van der Waals surface area contributed by atoms with Crippen LogP contribution in [0.1, 0.15) is 25.0 Å². The van der Waals surface area contributed by atoms with Gasteiger partial charge in [0.1, 0.15) is 41.0 Å². The minimum Gasteiger partial charge on any atom is -0.496 e. The van der Waals surface area contributed by atoms with Gasteiger partial charge in [0.15, 0.2) is 0 Å². The predicted octanol–water partition coefficient (Wildman–Crippen LogP) is 7.13. The number of ether oxygens (including phenoxy) is 4. The van der Waals surface area contributed by atoms with Crippen LogP contribution in [0.2, 0.25) is 0 Å². The van der Waals surface area contributed by atoms with Gasteiger partial charge in [-0.25, -0.2) is 9.18 Å². The highest BCUT2D eigenvalue weighted by molar-refractivity contribution is 6.08. The normalized spacial score (nSPS) is 13.6. The topological polar surface area (TPSA) is 86.3 Å². The summed E-state index contributed by atoms with van der Waals surface area (Å²) in [7, 11) is 3.23. The molecule has 5 rings (SSSR count). The zero-order valence-corrected chi connectivity index (χ0v) is 24.0. The fourth-order valence-electron chi connectivity index (χ4n) is 4.97. The SMILES string of the molecule is COc1cc(OC(=O)Oc2ccccc2)ccc1-c1ccc2c(c1COc1cc(F)ccc1C)N(C)C(=O)C(C)(C)N2. The molecule has 0 fully saturated rings. The maximum atomic E-state index is 14.0. The lowest BCUT2D eigenvalue weighted by molar-refractivity contribution is -0.121. The zero-order valence-electron chi connectivity index (χ0n) is 24.0. The van der Waals surface area contributed by atoms with Crippen LogP contribution < -0.4 is 29.2 Å². The van der Waals surface area contributed by atoms with Crippen LogP contribution in [0.15, 0.2) is 78.9 Å². The molecule has 1 N–H and O–H groups in total. The number of benzene rings is 4. The van der Waals surface area contributed by atoms with Crippen molar-refractivity contribution in [2.24, 2.45) is 0 Å². The van der Waals surface area contributed by atoms with Crippen LogP contribution in [0.25, 0.3) is 11.1 Å². The van der Waals surface area contributed by atoms with Crippen molar-refractivity contribution in [3.05, 3.63) is 95.8 Å². The monoisotopic (exact) mass is 570 g/mol. The van der Waals surface area contributed by atoms with Gasteiger partial charge in [0, 0.05) is 30.3 Å². The number of carbonyl (C=O) groups is 2. The molecule has 0 spiro atoms. The molecule has 0 saturated carbocycles.